The van der Waals surface area contributed by atoms with Crippen LogP contribution in [0.2, 0.25) is 0 Å². The number of rotatable bonds is 4. The Morgan fingerprint density at radius 1 is 0.927 bits per heavy atom. The SMILES string of the molecule is COc1ccc2[nH]c3c(c2c1)CCN(S(=O)(=O)c1cc2c(cc1Br)n(C)c(=O)n2C)C3c1cccc2ccccc12. The molecular formula is C31H27BrN4O4S. The minimum atomic E-state index is -4.05. The van der Waals surface area contributed by atoms with Crippen molar-refractivity contribution in [3.63, 3.8) is 0 Å². The summed E-state index contributed by atoms with van der Waals surface area (Å²) in [4.78, 5) is 16.3. The Morgan fingerprint density at radius 2 is 1.66 bits per heavy atom. The Balaban J connectivity index is 1.49. The topological polar surface area (TPSA) is 89.3 Å². The van der Waals surface area contributed by atoms with E-state index >= 15 is 0 Å². The van der Waals surface area contributed by atoms with E-state index in [2.05, 4.69) is 20.9 Å². The van der Waals surface area contributed by atoms with Gasteiger partial charge < -0.3 is 9.72 Å². The van der Waals surface area contributed by atoms with E-state index in [0.29, 0.717) is 21.9 Å². The van der Waals surface area contributed by atoms with Gasteiger partial charge in [-0.25, -0.2) is 13.2 Å². The number of benzene rings is 4. The molecule has 41 heavy (non-hydrogen) atoms. The largest absolute Gasteiger partial charge is 0.497 e. The summed E-state index contributed by atoms with van der Waals surface area (Å²) in [6.45, 7) is 0.283. The predicted octanol–water partition coefficient (Wildman–Crippen LogP) is 5.62. The molecule has 0 saturated heterocycles. The molecule has 1 aliphatic rings. The Hall–Kier alpha value is -3.86. The van der Waals surface area contributed by atoms with Crippen molar-refractivity contribution in [2.24, 2.45) is 14.1 Å². The van der Waals surface area contributed by atoms with Crippen molar-refractivity contribution in [2.75, 3.05) is 13.7 Å². The number of aromatic amines is 1. The molecule has 7 rings (SSSR count). The molecule has 0 radical (unpaired) electrons. The van der Waals surface area contributed by atoms with Crippen molar-refractivity contribution >= 4 is 58.7 Å². The number of nitrogens with one attached hydrogen (secondary N) is 1. The Morgan fingerprint density at radius 3 is 2.44 bits per heavy atom. The van der Waals surface area contributed by atoms with Gasteiger partial charge in [-0.15, -0.1) is 0 Å². The molecule has 10 heteroatoms. The second-order valence-electron chi connectivity index (χ2n) is 10.4. The molecule has 1 unspecified atom stereocenters. The normalized spacial score (nSPS) is 16.0. The quantitative estimate of drug-likeness (QED) is 0.274. The number of imidazole rings is 1. The maximum atomic E-state index is 14.7. The number of H-pyrrole nitrogens is 1. The molecule has 0 aliphatic carbocycles. The van der Waals surface area contributed by atoms with Gasteiger partial charge in [0.1, 0.15) is 5.75 Å². The summed E-state index contributed by atoms with van der Waals surface area (Å²) in [5.74, 6) is 0.752. The van der Waals surface area contributed by atoms with Crippen LogP contribution in [0, 0.1) is 0 Å². The molecule has 6 aromatic rings. The lowest BCUT2D eigenvalue weighted by Gasteiger charge is -2.36. The summed E-state index contributed by atoms with van der Waals surface area (Å²) in [6.07, 6.45) is 0.534. The van der Waals surface area contributed by atoms with Gasteiger partial charge in [0.15, 0.2) is 0 Å². The molecule has 0 spiro atoms. The van der Waals surface area contributed by atoms with Crippen molar-refractivity contribution in [3.05, 3.63) is 105 Å². The van der Waals surface area contributed by atoms with Gasteiger partial charge in [-0.3, -0.25) is 9.13 Å². The first-order valence-corrected chi connectivity index (χ1v) is 15.5. The molecule has 1 aliphatic heterocycles. The number of methoxy groups -OCH3 is 1. The van der Waals surface area contributed by atoms with Crippen LogP contribution >= 0.6 is 15.9 Å². The van der Waals surface area contributed by atoms with Gasteiger partial charge in [-0.2, -0.15) is 4.31 Å². The fourth-order valence-corrected chi connectivity index (χ4v) is 8.85. The molecule has 4 aromatic carbocycles. The fourth-order valence-electron chi connectivity index (χ4n) is 6.26. The number of aromatic nitrogens is 3. The van der Waals surface area contributed by atoms with E-state index in [4.69, 9.17) is 4.74 Å². The highest BCUT2D eigenvalue weighted by atomic mass is 79.9. The van der Waals surface area contributed by atoms with Crippen molar-refractivity contribution in [1.82, 2.24) is 18.4 Å². The molecule has 3 heterocycles. The highest BCUT2D eigenvalue weighted by Crippen LogP contribution is 2.44. The molecule has 0 saturated carbocycles. The second-order valence-corrected chi connectivity index (χ2v) is 13.2. The second kappa shape index (κ2) is 9.34. The van der Waals surface area contributed by atoms with Crippen LogP contribution in [0.4, 0.5) is 0 Å². The molecule has 2 aromatic heterocycles. The number of hydrogen-bond donors (Lipinski definition) is 1. The first-order chi connectivity index (χ1) is 19.7. The van der Waals surface area contributed by atoms with Crippen molar-refractivity contribution in [3.8, 4) is 5.75 Å². The average molecular weight is 632 g/mol. The minimum absolute atomic E-state index is 0.123. The van der Waals surface area contributed by atoms with Gasteiger partial charge >= 0.3 is 5.69 Å². The van der Waals surface area contributed by atoms with Gasteiger partial charge in [0.05, 0.1) is 29.1 Å². The van der Waals surface area contributed by atoms with Crippen molar-refractivity contribution < 1.29 is 13.2 Å². The smallest absolute Gasteiger partial charge is 0.328 e. The van der Waals surface area contributed by atoms with Crippen molar-refractivity contribution in [2.45, 2.75) is 17.4 Å². The molecule has 0 bridgehead atoms. The first kappa shape index (κ1) is 26.1. The lowest BCUT2D eigenvalue weighted by molar-refractivity contribution is 0.342. The van der Waals surface area contributed by atoms with Crippen molar-refractivity contribution in [1.29, 1.82) is 0 Å². The number of sulfonamides is 1. The van der Waals surface area contributed by atoms with Gasteiger partial charge in [-0.1, -0.05) is 42.5 Å². The van der Waals surface area contributed by atoms with E-state index in [1.165, 1.54) is 9.13 Å². The van der Waals surface area contributed by atoms with E-state index in [-0.39, 0.29) is 17.1 Å². The van der Waals surface area contributed by atoms with Crippen LogP contribution < -0.4 is 10.4 Å². The number of halogens is 1. The summed E-state index contributed by atoms with van der Waals surface area (Å²) >= 11 is 3.53. The maximum Gasteiger partial charge on any atom is 0.328 e. The summed E-state index contributed by atoms with van der Waals surface area (Å²) in [5, 5.41) is 3.06. The standard InChI is InChI=1S/C31H27BrN4O4S/c1-34-26-16-24(32)28(17-27(26)35(2)31(34)37)41(38,39)36-14-13-21-23-15-19(40-3)11-12-25(23)33-29(21)30(36)22-10-6-8-18-7-4-5-9-20(18)22/h4-12,15-17,30,33H,13-14H2,1-3H3. The number of aryl methyl sites for hydroxylation is 2. The number of nitrogens with zero attached hydrogens (tertiary/aromatic N) is 3. The Bertz CT molecular complexity index is 2190. The first-order valence-electron chi connectivity index (χ1n) is 13.2. The van der Waals surface area contributed by atoms with Crippen LogP contribution in [0.5, 0.6) is 5.75 Å². The molecule has 1 atom stereocenters. The average Bonchev–Trinajstić information content (AvgIpc) is 3.45. The van der Waals surface area contributed by atoms with Gasteiger partial charge in [0.2, 0.25) is 10.0 Å². The molecule has 0 amide bonds. The summed E-state index contributed by atoms with van der Waals surface area (Å²) in [7, 11) is 0.929. The fraction of sp³-hybridized carbons (Fsp3) is 0.194. The summed E-state index contributed by atoms with van der Waals surface area (Å²) < 4.78 is 39.8. The van der Waals surface area contributed by atoms with Gasteiger partial charge in [-0.05, 0) is 74.6 Å². The zero-order valence-electron chi connectivity index (χ0n) is 22.7. The van der Waals surface area contributed by atoms with E-state index in [1.807, 2.05) is 60.7 Å². The Kier molecular flexibility index (Phi) is 5.93. The van der Waals surface area contributed by atoms with Crippen LogP contribution in [0.25, 0.3) is 32.7 Å². The van der Waals surface area contributed by atoms with Crippen LogP contribution in [0.1, 0.15) is 22.9 Å². The zero-order chi connectivity index (χ0) is 28.6. The third-order valence-corrected chi connectivity index (χ3v) is 11.1. The van der Waals surface area contributed by atoms with E-state index in [0.717, 1.165) is 44.2 Å². The molecule has 8 nitrogen and oxygen atoms in total. The van der Waals surface area contributed by atoms with Gasteiger partial charge in [0.25, 0.3) is 0 Å². The highest BCUT2D eigenvalue weighted by Gasteiger charge is 2.41. The Labute approximate surface area is 244 Å². The summed E-state index contributed by atoms with van der Waals surface area (Å²) in [5.41, 5.74) is 4.76. The number of fused-ring (bicyclic) bond motifs is 5. The van der Waals surface area contributed by atoms with Gasteiger partial charge in [0, 0.05) is 41.7 Å². The molecular weight excluding hydrogens is 604 g/mol. The zero-order valence-corrected chi connectivity index (χ0v) is 25.1. The lowest BCUT2D eigenvalue weighted by Crippen LogP contribution is -2.40. The predicted molar refractivity (Wildman–Crippen MR) is 164 cm³/mol. The molecule has 1 N–H and O–H groups in total. The lowest BCUT2D eigenvalue weighted by atomic mass is 9.91. The molecule has 0 fully saturated rings. The van der Waals surface area contributed by atoms with Crippen LogP contribution in [0.3, 0.4) is 0 Å². The van der Waals surface area contributed by atoms with Crippen LogP contribution in [-0.4, -0.2) is 40.5 Å². The minimum Gasteiger partial charge on any atom is -0.497 e. The summed E-state index contributed by atoms with van der Waals surface area (Å²) in [6, 6.07) is 22.7. The third kappa shape index (κ3) is 3.81. The molecule has 208 valence electrons. The highest BCUT2D eigenvalue weighted by molar-refractivity contribution is 9.10. The van der Waals surface area contributed by atoms with E-state index in [1.54, 1.807) is 37.6 Å². The monoisotopic (exact) mass is 630 g/mol. The maximum absolute atomic E-state index is 14.7. The van der Waals surface area contributed by atoms with Crippen LogP contribution in [0.15, 0.2) is 87.0 Å². The van der Waals surface area contributed by atoms with Crippen LogP contribution in [-0.2, 0) is 30.5 Å². The van der Waals surface area contributed by atoms with E-state index < -0.39 is 16.1 Å². The third-order valence-electron chi connectivity index (χ3n) is 8.32. The van der Waals surface area contributed by atoms with E-state index in [9.17, 15) is 13.2 Å². The number of hydrogen-bond acceptors (Lipinski definition) is 4. The number of ether oxygens (including phenoxy) is 1.